The summed E-state index contributed by atoms with van der Waals surface area (Å²) in [5.74, 6) is -2.11. The van der Waals surface area contributed by atoms with Crippen molar-refractivity contribution < 1.29 is 18.1 Å². The molecule has 1 amide bonds. The standard InChI is InChI=1S/C14H14F2N2O3/c1-3-9-8(2)21-18(14(9)20)7-12(19)17-13-10(15)5-4-6-11(13)16/h4-6H,3,7H2,1-2H3,(H,17,19). The molecule has 0 fully saturated rings. The van der Waals surface area contributed by atoms with Crippen molar-refractivity contribution in [1.82, 2.24) is 4.74 Å². The van der Waals surface area contributed by atoms with Crippen LogP contribution in [0.3, 0.4) is 0 Å². The fourth-order valence-electron chi connectivity index (χ4n) is 1.99. The highest BCUT2D eigenvalue weighted by Crippen LogP contribution is 2.17. The van der Waals surface area contributed by atoms with Crippen molar-refractivity contribution in [2.45, 2.75) is 26.8 Å². The summed E-state index contributed by atoms with van der Waals surface area (Å²) in [6, 6.07) is 3.24. The Bertz CT molecular complexity index is 714. The topological polar surface area (TPSA) is 64.2 Å². The molecule has 0 saturated carbocycles. The van der Waals surface area contributed by atoms with Gasteiger partial charge in [0.25, 0.3) is 5.56 Å². The number of carbonyl (C=O) groups is 1. The molecule has 1 aromatic heterocycles. The Balaban J connectivity index is 2.18. The maximum Gasteiger partial charge on any atom is 0.286 e. The van der Waals surface area contributed by atoms with E-state index in [1.165, 1.54) is 6.07 Å². The van der Waals surface area contributed by atoms with E-state index in [-0.39, 0.29) is 0 Å². The van der Waals surface area contributed by atoms with Crippen molar-refractivity contribution in [3.63, 3.8) is 0 Å². The average molecular weight is 296 g/mol. The van der Waals surface area contributed by atoms with Gasteiger partial charge in [-0.25, -0.2) is 8.78 Å². The normalized spacial score (nSPS) is 10.7. The summed E-state index contributed by atoms with van der Waals surface area (Å²) in [6.07, 6.45) is 0.477. The van der Waals surface area contributed by atoms with E-state index in [1.807, 2.05) is 0 Å². The van der Waals surface area contributed by atoms with Crippen LogP contribution in [0.5, 0.6) is 0 Å². The second-order valence-corrected chi connectivity index (χ2v) is 4.47. The highest BCUT2D eigenvalue weighted by atomic mass is 19.1. The molecular formula is C14H14F2N2O3. The van der Waals surface area contributed by atoms with E-state index in [0.717, 1.165) is 16.9 Å². The lowest BCUT2D eigenvalue weighted by molar-refractivity contribution is -0.117. The number of para-hydroxylation sites is 1. The van der Waals surface area contributed by atoms with Gasteiger partial charge >= 0.3 is 0 Å². The van der Waals surface area contributed by atoms with Crippen LogP contribution in [0.25, 0.3) is 0 Å². The molecule has 1 N–H and O–H groups in total. The number of amides is 1. The van der Waals surface area contributed by atoms with Gasteiger partial charge in [0.05, 0.1) is 5.56 Å². The zero-order valence-electron chi connectivity index (χ0n) is 11.6. The maximum absolute atomic E-state index is 13.4. The largest absolute Gasteiger partial charge is 0.380 e. The molecule has 0 aliphatic carbocycles. The molecule has 2 aromatic rings. The molecular weight excluding hydrogens is 282 g/mol. The number of nitrogens with one attached hydrogen (secondary N) is 1. The van der Waals surface area contributed by atoms with Crippen LogP contribution in [0.4, 0.5) is 14.5 Å². The molecule has 2 rings (SSSR count). The monoisotopic (exact) mass is 296 g/mol. The number of anilines is 1. The van der Waals surface area contributed by atoms with Crippen LogP contribution in [0, 0.1) is 18.6 Å². The smallest absolute Gasteiger partial charge is 0.286 e. The molecule has 1 heterocycles. The lowest BCUT2D eigenvalue weighted by atomic mass is 10.2. The van der Waals surface area contributed by atoms with Gasteiger partial charge in [-0.1, -0.05) is 13.0 Å². The lowest BCUT2D eigenvalue weighted by Crippen LogP contribution is -2.26. The lowest BCUT2D eigenvalue weighted by Gasteiger charge is -2.06. The Labute approximate surface area is 119 Å². The predicted octanol–water partition coefficient (Wildman–Crippen LogP) is 2.23. The van der Waals surface area contributed by atoms with E-state index in [2.05, 4.69) is 5.32 Å². The summed E-state index contributed by atoms with van der Waals surface area (Å²) < 4.78 is 32.8. The molecule has 0 spiro atoms. The van der Waals surface area contributed by atoms with E-state index in [9.17, 15) is 18.4 Å². The van der Waals surface area contributed by atoms with Gasteiger partial charge in [0.1, 0.15) is 29.6 Å². The molecule has 0 aliphatic heterocycles. The molecule has 0 unspecified atom stereocenters. The van der Waals surface area contributed by atoms with Crippen LogP contribution < -0.4 is 10.9 Å². The van der Waals surface area contributed by atoms with E-state index in [0.29, 0.717) is 17.7 Å². The zero-order valence-corrected chi connectivity index (χ0v) is 11.6. The van der Waals surface area contributed by atoms with Crippen molar-refractivity contribution >= 4 is 11.6 Å². The Morgan fingerprint density at radius 1 is 1.33 bits per heavy atom. The first kappa shape index (κ1) is 15.0. The number of benzene rings is 1. The van der Waals surface area contributed by atoms with E-state index in [4.69, 9.17) is 4.52 Å². The predicted molar refractivity (Wildman–Crippen MR) is 72.1 cm³/mol. The van der Waals surface area contributed by atoms with Crippen molar-refractivity contribution in [3.05, 3.63) is 51.5 Å². The Hall–Kier alpha value is -2.44. The van der Waals surface area contributed by atoms with Gasteiger partial charge in [-0.2, -0.15) is 4.74 Å². The van der Waals surface area contributed by atoms with Gasteiger partial charge in [-0.15, -0.1) is 0 Å². The van der Waals surface area contributed by atoms with Crippen LogP contribution in [0.1, 0.15) is 18.2 Å². The fourth-order valence-corrected chi connectivity index (χ4v) is 1.99. The van der Waals surface area contributed by atoms with Crippen LogP contribution in [-0.2, 0) is 17.8 Å². The quantitative estimate of drug-likeness (QED) is 0.941. The molecule has 0 bridgehead atoms. The summed E-state index contributed by atoms with van der Waals surface area (Å²) in [5, 5.41) is 2.09. The van der Waals surface area contributed by atoms with Crippen LogP contribution in [0.2, 0.25) is 0 Å². The Morgan fingerprint density at radius 3 is 2.48 bits per heavy atom. The fraction of sp³-hybridized carbons (Fsp3) is 0.286. The number of rotatable bonds is 4. The van der Waals surface area contributed by atoms with Crippen LogP contribution in [-0.4, -0.2) is 10.6 Å². The number of nitrogens with zero attached hydrogens (tertiary/aromatic N) is 1. The maximum atomic E-state index is 13.4. The summed E-state index contributed by atoms with van der Waals surface area (Å²) in [6.45, 7) is 2.96. The van der Waals surface area contributed by atoms with Gasteiger partial charge in [-0.05, 0) is 25.5 Å². The van der Waals surface area contributed by atoms with Crippen molar-refractivity contribution in [2.75, 3.05) is 5.32 Å². The third kappa shape index (κ3) is 3.01. The SMILES string of the molecule is CCc1c(C)on(CC(=O)Nc2c(F)cccc2F)c1=O. The number of aromatic nitrogens is 1. The van der Waals surface area contributed by atoms with Crippen molar-refractivity contribution in [3.8, 4) is 0 Å². The Morgan fingerprint density at radius 2 is 1.95 bits per heavy atom. The minimum absolute atomic E-state index is 0.417. The van der Waals surface area contributed by atoms with Crippen LogP contribution >= 0.6 is 0 Å². The zero-order chi connectivity index (χ0) is 15.6. The minimum atomic E-state index is -0.888. The summed E-state index contributed by atoms with van der Waals surface area (Å²) in [4.78, 5) is 23.7. The van der Waals surface area contributed by atoms with E-state index < -0.39 is 35.3 Å². The Kier molecular flexibility index (Phi) is 4.21. The number of hydrogen-bond acceptors (Lipinski definition) is 3. The third-order valence-electron chi connectivity index (χ3n) is 3.02. The van der Waals surface area contributed by atoms with Gasteiger partial charge in [0, 0.05) is 0 Å². The first-order valence-electron chi connectivity index (χ1n) is 6.37. The number of halogens is 2. The highest BCUT2D eigenvalue weighted by molar-refractivity contribution is 5.90. The number of aryl methyl sites for hydroxylation is 1. The van der Waals surface area contributed by atoms with E-state index in [1.54, 1.807) is 13.8 Å². The molecule has 0 radical (unpaired) electrons. The van der Waals surface area contributed by atoms with Gasteiger partial charge < -0.3 is 9.84 Å². The first-order valence-corrected chi connectivity index (χ1v) is 6.37. The second kappa shape index (κ2) is 5.90. The minimum Gasteiger partial charge on any atom is -0.380 e. The van der Waals surface area contributed by atoms with Crippen molar-refractivity contribution in [1.29, 1.82) is 0 Å². The van der Waals surface area contributed by atoms with E-state index >= 15 is 0 Å². The first-order chi connectivity index (χ1) is 9.93. The average Bonchev–Trinajstić information content (AvgIpc) is 2.68. The van der Waals surface area contributed by atoms with Gasteiger partial charge in [-0.3, -0.25) is 9.59 Å². The summed E-state index contributed by atoms with van der Waals surface area (Å²) in [7, 11) is 0. The molecule has 21 heavy (non-hydrogen) atoms. The number of hydrogen-bond donors (Lipinski definition) is 1. The third-order valence-corrected chi connectivity index (χ3v) is 3.02. The molecule has 1 aromatic carbocycles. The number of carbonyl (C=O) groups excluding carboxylic acids is 1. The van der Waals surface area contributed by atoms with Crippen molar-refractivity contribution in [2.24, 2.45) is 0 Å². The van der Waals surface area contributed by atoms with Gasteiger partial charge in [0.15, 0.2) is 0 Å². The van der Waals surface area contributed by atoms with Crippen LogP contribution in [0.15, 0.2) is 27.5 Å². The molecule has 0 saturated heterocycles. The molecule has 5 nitrogen and oxygen atoms in total. The second-order valence-electron chi connectivity index (χ2n) is 4.47. The summed E-state index contributed by atoms with van der Waals surface area (Å²) >= 11 is 0. The van der Waals surface area contributed by atoms with Gasteiger partial charge in [0.2, 0.25) is 5.91 Å². The summed E-state index contributed by atoms with van der Waals surface area (Å²) in [5.41, 5.74) is -0.492. The molecule has 7 heteroatoms. The molecule has 0 atom stereocenters. The molecule has 112 valence electrons. The highest BCUT2D eigenvalue weighted by Gasteiger charge is 2.16. The molecule has 0 aliphatic rings.